The van der Waals surface area contributed by atoms with E-state index in [0.717, 1.165) is 49.1 Å². The van der Waals surface area contributed by atoms with Gasteiger partial charge in [0.25, 0.3) is 5.91 Å². The van der Waals surface area contributed by atoms with Crippen molar-refractivity contribution in [3.63, 3.8) is 0 Å². The van der Waals surface area contributed by atoms with E-state index in [0.29, 0.717) is 11.5 Å². The molecule has 0 radical (unpaired) electrons. The average molecular weight is 397 g/mol. The lowest BCUT2D eigenvalue weighted by molar-refractivity contribution is 0.0616. The molecule has 156 valence electrons. The van der Waals surface area contributed by atoms with Crippen LogP contribution in [0.3, 0.4) is 0 Å². The van der Waals surface area contributed by atoms with Crippen molar-refractivity contribution in [3.8, 4) is 0 Å². The zero-order valence-corrected chi connectivity index (χ0v) is 18.2. The van der Waals surface area contributed by atoms with Crippen LogP contribution in [0.4, 0.5) is 0 Å². The van der Waals surface area contributed by atoms with Crippen molar-refractivity contribution in [3.05, 3.63) is 35.5 Å². The molecule has 0 bridgehead atoms. The number of hydrogen-bond acceptors (Lipinski definition) is 3. The molecule has 29 heavy (non-hydrogen) atoms. The van der Waals surface area contributed by atoms with Gasteiger partial charge < -0.3 is 14.6 Å². The monoisotopic (exact) mass is 396 g/mol. The van der Waals surface area contributed by atoms with Crippen molar-refractivity contribution in [2.75, 3.05) is 20.3 Å². The largest absolute Gasteiger partial charge is 0.381 e. The molecule has 2 fully saturated rings. The van der Waals surface area contributed by atoms with Crippen LogP contribution in [-0.2, 0) is 11.3 Å². The number of ketones is 1. The third-order valence-electron chi connectivity index (χ3n) is 7.72. The first kappa shape index (κ1) is 20.1. The van der Waals surface area contributed by atoms with E-state index in [9.17, 15) is 9.59 Å². The summed E-state index contributed by atoms with van der Waals surface area (Å²) in [6.45, 7) is 11.2. The fourth-order valence-electron chi connectivity index (χ4n) is 5.14. The Balaban J connectivity index is 1.76. The van der Waals surface area contributed by atoms with Crippen molar-refractivity contribution in [2.24, 2.45) is 22.7 Å². The molecule has 0 unspecified atom stereocenters. The van der Waals surface area contributed by atoms with E-state index < -0.39 is 0 Å². The van der Waals surface area contributed by atoms with Gasteiger partial charge in [-0.25, -0.2) is 0 Å². The van der Waals surface area contributed by atoms with Gasteiger partial charge in [0.1, 0.15) is 0 Å². The van der Waals surface area contributed by atoms with E-state index in [1.54, 1.807) is 7.05 Å². The van der Waals surface area contributed by atoms with Crippen molar-refractivity contribution in [2.45, 2.75) is 47.1 Å². The molecule has 1 amide bonds. The molecule has 2 aromatic rings. The Bertz CT molecular complexity index is 950. The van der Waals surface area contributed by atoms with Gasteiger partial charge in [0.05, 0.1) is 0 Å². The molecule has 2 heterocycles. The number of hydrogen-bond donors (Lipinski definition) is 1. The highest BCUT2D eigenvalue weighted by Crippen LogP contribution is 2.69. The third kappa shape index (κ3) is 3.20. The van der Waals surface area contributed by atoms with Gasteiger partial charge in [0, 0.05) is 61.0 Å². The number of carbonyl (C=O) groups is 2. The Morgan fingerprint density at radius 2 is 1.79 bits per heavy atom. The molecule has 5 nitrogen and oxygen atoms in total. The second-order valence-electron chi connectivity index (χ2n) is 9.80. The van der Waals surface area contributed by atoms with Gasteiger partial charge in [0.2, 0.25) is 0 Å². The molecule has 2 aliphatic rings. The predicted molar refractivity (Wildman–Crippen MR) is 114 cm³/mol. The molecule has 1 saturated heterocycles. The van der Waals surface area contributed by atoms with Gasteiger partial charge >= 0.3 is 0 Å². The normalized spacial score (nSPS) is 21.3. The van der Waals surface area contributed by atoms with E-state index in [-0.39, 0.29) is 28.4 Å². The minimum Gasteiger partial charge on any atom is -0.381 e. The fraction of sp³-hybridized carbons (Fsp3) is 0.583. The molecular weight excluding hydrogens is 364 g/mol. The van der Waals surface area contributed by atoms with Crippen LogP contribution < -0.4 is 5.32 Å². The summed E-state index contributed by atoms with van der Waals surface area (Å²) in [5.74, 6) is 0.669. The zero-order valence-electron chi connectivity index (χ0n) is 18.2. The third-order valence-corrected chi connectivity index (χ3v) is 7.72. The fourth-order valence-corrected chi connectivity index (χ4v) is 5.14. The van der Waals surface area contributed by atoms with Crippen LogP contribution in [-0.4, -0.2) is 36.5 Å². The van der Waals surface area contributed by atoms with Crippen LogP contribution in [0.5, 0.6) is 0 Å². The first-order valence-electron chi connectivity index (χ1n) is 10.7. The number of ether oxygens (including phenoxy) is 1. The van der Waals surface area contributed by atoms with E-state index in [2.05, 4.69) is 37.6 Å². The first-order valence-corrected chi connectivity index (χ1v) is 10.7. The Labute approximate surface area is 172 Å². The van der Waals surface area contributed by atoms with E-state index in [4.69, 9.17) is 4.74 Å². The standard InChI is InChI=1S/C24H32N2O3/c1-23(2)21(24(23,3)4)20(27)18-14-26(13-15-8-10-29-11-9-15)19-12-16(22(28)25-5)6-7-17(18)19/h6-7,12,14-15,21H,8-11,13H2,1-5H3,(H,25,28). The Morgan fingerprint density at radius 3 is 2.38 bits per heavy atom. The highest BCUT2D eigenvalue weighted by atomic mass is 16.5. The molecule has 5 heteroatoms. The average Bonchev–Trinajstić information content (AvgIpc) is 2.96. The molecule has 1 N–H and O–H groups in total. The SMILES string of the molecule is CNC(=O)c1ccc2c(C(=O)C3C(C)(C)C3(C)C)cn(CC3CCOCC3)c2c1. The molecule has 1 aromatic heterocycles. The lowest BCUT2D eigenvalue weighted by Gasteiger charge is -2.22. The van der Waals surface area contributed by atoms with Crippen LogP contribution in [0.2, 0.25) is 0 Å². The summed E-state index contributed by atoms with van der Waals surface area (Å²) >= 11 is 0. The maximum absolute atomic E-state index is 13.5. The van der Waals surface area contributed by atoms with E-state index in [1.807, 2.05) is 24.4 Å². The minimum absolute atomic E-state index is 0.00124. The summed E-state index contributed by atoms with van der Waals surface area (Å²) in [5.41, 5.74) is 2.39. The van der Waals surface area contributed by atoms with Gasteiger partial charge in [-0.05, 0) is 41.7 Å². The summed E-state index contributed by atoms with van der Waals surface area (Å²) in [7, 11) is 1.64. The second-order valence-corrected chi connectivity index (χ2v) is 9.80. The van der Waals surface area contributed by atoms with Gasteiger partial charge in [-0.2, -0.15) is 0 Å². The molecule has 1 aromatic carbocycles. The highest BCUT2D eigenvalue weighted by Gasteiger charge is 2.68. The number of benzene rings is 1. The summed E-state index contributed by atoms with van der Waals surface area (Å²) in [4.78, 5) is 25.7. The number of rotatable bonds is 5. The summed E-state index contributed by atoms with van der Waals surface area (Å²) in [6, 6.07) is 5.68. The smallest absolute Gasteiger partial charge is 0.251 e. The number of amides is 1. The highest BCUT2D eigenvalue weighted by molar-refractivity contribution is 6.12. The lowest BCUT2D eigenvalue weighted by Crippen LogP contribution is -2.20. The van der Waals surface area contributed by atoms with Crippen molar-refractivity contribution in [1.82, 2.24) is 9.88 Å². The molecular formula is C24H32N2O3. The number of aromatic nitrogens is 1. The first-order chi connectivity index (χ1) is 13.7. The van der Waals surface area contributed by atoms with E-state index in [1.165, 1.54) is 0 Å². The van der Waals surface area contributed by atoms with Crippen LogP contribution in [0.1, 0.15) is 61.3 Å². The number of nitrogens with one attached hydrogen (secondary N) is 1. The van der Waals surface area contributed by atoms with Gasteiger partial charge in [-0.3, -0.25) is 9.59 Å². The molecule has 4 rings (SSSR count). The zero-order chi connectivity index (χ0) is 21.0. The number of fused-ring (bicyclic) bond motifs is 1. The van der Waals surface area contributed by atoms with Crippen LogP contribution in [0, 0.1) is 22.7 Å². The summed E-state index contributed by atoms with van der Waals surface area (Å²) in [6.07, 6.45) is 4.09. The topological polar surface area (TPSA) is 60.3 Å². The lowest BCUT2D eigenvalue weighted by atomic mass is 10.00. The Hall–Kier alpha value is -2.14. The predicted octanol–water partition coefficient (Wildman–Crippen LogP) is 4.29. The maximum atomic E-state index is 13.5. The second kappa shape index (κ2) is 6.98. The Morgan fingerprint density at radius 1 is 1.14 bits per heavy atom. The van der Waals surface area contributed by atoms with Crippen molar-refractivity contribution in [1.29, 1.82) is 0 Å². The molecule has 0 atom stereocenters. The van der Waals surface area contributed by atoms with Crippen molar-refractivity contribution >= 4 is 22.6 Å². The minimum atomic E-state index is -0.108. The number of nitrogens with zero attached hydrogens (tertiary/aromatic N) is 1. The number of Topliss-reactive ketones (excluding diaryl/α,β-unsaturated/α-hetero) is 1. The van der Waals surface area contributed by atoms with Crippen LogP contribution in [0.25, 0.3) is 10.9 Å². The van der Waals surface area contributed by atoms with Gasteiger partial charge in [-0.15, -0.1) is 0 Å². The van der Waals surface area contributed by atoms with Crippen molar-refractivity contribution < 1.29 is 14.3 Å². The molecule has 1 aliphatic heterocycles. The molecule has 1 aliphatic carbocycles. The van der Waals surface area contributed by atoms with Gasteiger partial charge in [0.15, 0.2) is 5.78 Å². The van der Waals surface area contributed by atoms with Gasteiger partial charge in [-0.1, -0.05) is 33.8 Å². The quantitative estimate of drug-likeness (QED) is 0.767. The maximum Gasteiger partial charge on any atom is 0.251 e. The van der Waals surface area contributed by atoms with Crippen LogP contribution >= 0.6 is 0 Å². The molecule has 0 spiro atoms. The number of carbonyl (C=O) groups excluding carboxylic acids is 2. The summed E-state index contributed by atoms with van der Waals surface area (Å²) < 4.78 is 7.69. The molecule has 1 saturated carbocycles. The van der Waals surface area contributed by atoms with Crippen LogP contribution in [0.15, 0.2) is 24.4 Å². The van der Waals surface area contributed by atoms with E-state index >= 15 is 0 Å². The Kier molecular flexibility index (Phi) is 4.85. The summed E-state index contributed by atoms with van der Waals surface area (Å²) in [5, 5.41) is 3.65.